The number of nitrogens with two attached hydrogens (primary N) is 1. The maximum absolute atomic E-state index is 6.19. The molecule has 0 aromatic carbocycles. The van der Waals surface area contributed by atoms with E-state index < -0.39 is 0 Å². The second-order valence-corrected chi connectivity index (χ2v) is 7.10. The van der Waals surface area contributed by atoms with E-state index in [-0.39, 0.29) is 0 Å². The molecular formula is C12H18BrNS. The average Bonchev–Trinajstić information content (AvgIpc) is 2.77. The Bertz CT molecular complexity index is 304. The molecule has 0 saturated heterocycles. The molecule has 2 N–H and O–H groups in total. The lowest BCUT2D eigenvalue weighted by atomic mass is 9.97. The van der Waals surface area contributed by atoms with E-state index in [9.17, 15) is 0 Å². The van der Waals surface area contributed by atoms with Crippen molar-refractivity contribution in [3.8, 4) is 0 Å². The van der Waals surface area contributed by atoms with E-state index in [0.29, 0.717) is 6.04 Å². The Morgan fingerprint density at radius 3 is 2.73 bits per heavy atom. The Morgan fingerprint density at radius 2 is 2.13 bits per heavy atom. The maximum atomic E-state index is 6.19. The maximum Gasteiger partial charge on any atom is 0.0701 e. The standard InChI is InChI=1S/C12H18BrNS/c13-12-6-5-11(15-12)8-10(14)7-9-3-1-2-4-9/h5-6,9-10H,1-4,7-8,14H2. The summed E-state index contributed by atoms with van der Waals surface area (Å²) in [5, 5.41) is 0. The lowest BCUT2D eigenvalue weighted by molar-refractivity contribution is 0.442. The van der Waals surface area contributed by atoms with E-state index in [2.05, 4.69) is 28.1 Å². The van der Waals surface area contributed by atoms with Gasteiger partial charge in [0, 0.05) is 10.9 Å². The van der Waals surface area contributed by atoms with Crippen molar-refractivity contribution >= 4 is 27.3 Å². The van der Waals surface area contributed by atoms with Gasteiger partial charge in [-0.05, 0) is 46.8 Å². The minimum absolute atomic E-state index is 0.360. The van der Waals surface area contributed by atoms with Gasteiger partial charge in [-0.15, -0.1) is 11.3 Å². The Kier molecular flexibility index (Phi) is 4.23. The van der Waals surface area contributed by atoms with Crippen molar-refractivity contribution in [1.82, 2.24) is 0 Å². The van der Waals surface area contributed by atoms with Gasteiger partial charge in [-0.25, -0.2) is 0 Å². The van der Waals surface area contributed by atoms with Crippen molar-refractivity contribution in [2.45, 2.75) is 44.6 Å². The molecule has 1 aliphatic rings. The number of hydrogen-bond acceptors (Lipinski definition) is 2. The third-order valence-electron chi connectivity index (χ3n) is 3.20. The second-order valence-electron chi connectivity index (χ2n) is 4.56. The zero-order chi connectivity index (χ0) is 10.7. The van der Waals surface area contributed by atoms with E-state index in [1.54, 1.807) is 0 Å². The summed E-state index contributed by atoms with van der Waals surface area (Å²) in [5.74, 6) is 0.906. The first-order chi connectivity index (χ1) is 7.24. The molecule has 1 aromatic heterocycles. The summed E-state index contributed by atoms with van der Waals surface area (Å²) in [6.07, 6.45) is 7.91. The highest BCUT2D eigenvalue weighted by molar-refractivity contribution is 9.11. The van der Waals surface area contributed by atoms with E-state index >= 15 is 0 Å². The monoisotopic (exact) mass is 287 g/mol. The van der Waals surface area contributed by atoms with Gasteiger partial charge in [0.2, 0.25) is 0 Å². The zero-order valence-corrected chi connectivity index (χ0v) is 11.3. The second kappa shape index (κ2) is 5.46. The third kappa shape index (κ3) is 3.58. The van der Waals surface area contributed by atoms with E-state index in [1.807, 2.05) is 11.3 Å². The van der Waals surface area contributed by atoms with Gasteiger partial charge in [-0.3, -0.25) is 0 Å². The first-order valence-electron chi connectivity index (χ1n) is 5.74. The molecule has 1 atom stereocenters. The average molecular weight is 288 g/mol. The predicted molar refractivity (Wildman–Crippen MR) is 70.3 cm³/mol. The summed E-state index contributed by atoms with van der Waals surface area (Å²) in [6.45, 7) is 0. The van der Waals surface area contributed by atoms with Crippen LogP contribution in [-0.2, 0) is 6.42 Å². The molecule has 1 saturated carbocycles. The largest absolute Gasteiger partial charge is 0.327 e. The molecule has 0 bridgehead atoms. The van der Waals surface area contributed by atoms with Crippen molar-refractivity contribution in [3.05, 3.63) is 20.8 Å². The van der Waals surface area contributed by atoms with Crippen LogP contribution >= 0.6 is 27.3 Å². The van der Waals surface area contributed by atoms with Crippen molar-refractivity contribution in [2.24, 2.45) is 11.7 Å². The molecule has 2 rings (SSSR count). The molecular weight excluding hydrogens is 270 g/mol. The SMILES string of the molecule is NC(Cc1ccc(Br)s1)CC1CCCC1. The van der Waals surface area contributed by atoms with Gasteiger partial charge in [-0.2, -0.15) is 0 Å². The summed E-state index contributed by atoms with van der Waals surface area (Å²) in [5.41, 5.74) is 6.19. The topological polar surface area (TPSA) is 26.0 Å². The van der Waals surface area contributed by atoms with Crippen LogP contribution in [0.4, 0.5) is 0 Å². The van der Waals surface area contributed by atoms with Crippen LogP contribution in [0.3, 0.4) is 0 Å². The Morgan fingerprint density at radius 1 is 1.40 bits per heavy atom. The molecule has 0 spiro atoms. The Balaban J connectivity index is 1.78. The Hall–Kier alpha value is 0.140. The predicted octanol–water partition coefficient (Wildman–Crippen LogP) is 3.96. The fourth-order valence-electron chi connectivity index (χ4n) is 2.48. The molecule has 15 heavy (non-hydrogen) atoms. The lowest BCUT2D eigenvalue weighted by Gasteiger charge is -2.15. The van der Waals surface area contributed by atoms with Gasteiger partial charge < -0.3 is 5.73 Å². The van der Waals surface area contributed by atoms with Crippen LogP contribution in [0.2, 0.25) is 0 Å². The van der Waals surface area contributed by atoms with E-state index in [1.165, 1.54) is 40.8 Å². The first-order valence-corrected chi connectivity index (χ1v) is 7.35. The van der Waals surface area contributed by atoms with Crippen LogP contribution in [0.1, 0.15) is 37.0 Å². The molecule has 0 aliphatic heterocycles. The lowest BCUT2D eigenvalue weighted by Crippen LogP contribution is -2.24. The summed E-state index contributed by atoms with van der Waals surface area (Å²) in [6, 6.07) is 4.66. The molecule has 1 unspecified atom stereocenters. The fourth-order valence-corrected chi connectivity index (χ4v) is 4.05. The number of thiophene rings is 1. The summed E-state index contributed by atoms with van der Waals surface area (Å²) in [4.78, 5) is 1.41. The van der Waals surface area contributed by atoms with Crippen molar-refractivity contribution in [3.63, 3.8) is 0 Å². The van der Waals surface area contributed by atoms with E-state index in [4.69, 9.17) is 5.73 Å². The van der Waals surface area contributed by atoms with Gasteiger partial charge in [0.05, 0.1) is 3.79 Å². The quantitative estimate of drug-likeness (QED) is 0.891. The molecule has 0 radical (unpaired) electrons. The molecule has 1 heterocycles. The summed E-state index contributed by atoms with van der Waals surface area (Å²) < 4.78 is 1.21. The van der Waals surface area contributed by atoms with E-state index in [0.717, 1.165) is 12.3 Å². The molecule has 1 aliphatic carbocycles. The van der Waals surface area contributed by atoms with Crippen LogP contribution in [0.25, 0.3) is 0 Å². The molecule has 3 heteroatoms. The normalized spacial score (nSPS) is 19.6. The van der Waals surface area contributed by atoms with Crippen LogP contribution in [0.5, 0.6) is 0 Å². The molecule has 0 amide bonds. The van der Waals surface area contributed by atoms with Gasteiger partial charge >= 0.3 is 0 Å². The highest BCUT2D eigenvalue weighted by Gasteiger charge is 2.18. The highest BCUT2D eigenvalue weighted by Crippen LogP contribution is 2.30. The van der Waals surface area contributed by atoms with Gasteiger partial charge in [0.15, 0.2) is 0 Å². The fraction of sp³-hybridized carbons (Fsp3) is 0.667. The molecule has 1 aromatic rings. The minimum atomic E-state index is 0.360. The van der Waals surface area contributed by atoms with Gasteiger partial charge in [0.25, 0.3) is 0 Å². The zero-order valence-electron chi connectivity index (χ0n) is 8.92. The first kappa shape index (κ1) is 11.6. The van der Waals surface area contributed by atoms with Gasteiger partial charge in [0.1, 0.15) is 0 Å². The highest BCUT2D eigenvalue weighted by atomic mass is 79.9. The summed E-state index contributed by atoms with van der Waals surface area (Å²) >= 11 is 5.30. The van der Waals surface area contributed by atoms with Crippen molar-refractivity contribution in [2.75, 3.05) is 0 Å². The van der Waals surface area contributed by atoms with Crippen molar-refractivity contribution in [1.29, 1.82) is 0 Å². The molecule has 1 nitrogen and oxygen atoms in total. The van der Waals surface area contributed by atoms with Crippen LogP contribution in [-0.4, -0.2) is 6.04 Å². The number of halogens is 1. The third-order valence-corrected chi connectivity index (χ3v) is 4.85. The van der Waals surface area contributed by atoms with Gasteiger partial charge in [-0.1, -0.05) is 25.7 Å². The van der Waals surface area contributed by atoms with Crippen molar-refractivity contribution < 1.29 is 0 Å². The van der Waals surface area contributed by atoms with Crippen LogP contribution in [0, 0.1) is 5.92 Å². The minimum Gasteiger partial charge on any atom is -0.327 e. The number of hydrogen-bond donors (Lipinski definition) is 1. The number of rotatable bonds is 4. The summed E-state index contributed by atoms with van der Waals surface area (Å²) in [7, 11) is 0. The molecule has 1 fully saturated rings. The Labute approximate surface area is 104 Å². The smallest absolute Gasteiger partial charge is 0.0701 e. The van der Waals surface area contributed by atoms with Crippen LogP contribution in [0.15, 0.2) is 15.9 Å². The van der Waals surface area contributed by atoms with Crippen LogP contribution < -0.4 is 5.73 Å². The molecule has 84 valence electrons.